The lowest BCUT2D eigenvalue weighted by atomic mass is 9.95. The number of ketones is 1. The second kappa shape index (κ2) is 12.2. The van der Waals surface area contributed by atoms with Crippen molar-refractivity contribution in [2.75, 3.05) is 46.0 Å². The zero-order valence-corrected chi connectivity index (χ0v) is 21.2. The Morgan fingerprint density at radius 3 is 2.53 bits per heavy atom. The summed E-state index contributed by atoms with van der Waals surface area (Å²) in [5.74, 6) is -0.172. The summed E-state index contributed by atoms with van der Waals surface area (Å²) >= 11 is 0. The molecule has 1 N–H and O–H groups in total. The molecule has 2 aromatic carbocycles. The van der Waals surface area contributed by atoms with Gasteiger partial charge >= 0.3 is 0 Å². The highest BCUT2D eigenvalue weighted by atomic mass is 16.5. The minimum atomic E-state index is -0.677. The molecule has 0 aromatic heterocycles. The van der Waals surface area contributed by atoms with Crippen LogP contribution in [-0.4, -0.2) is 72.6 Å². The van der Waals surface area contributed by atoms with Gasteiger partial charge in [-0.3, -0.25) is 14.5 Å². The minimum Gasteiger partial charge on any atom is -0.507 e. The number of carbonyl (C=O) groups excluding carboxylic acids is 2. The SMILES string of the molecule is CC(C)CCOc1cccc(C2C(=C(O)c3ccccc3)C(=O)C(=O)N2CCCN2CCOCC2)c1. The van der Waals surface area contributed by atoms with E-state index in [-0.39, 0.29) is 11.3 Å². The maximum absolute atomic E-state index is 13.2. The van der Waals surface area contributed by atoms with Crippen molar-refractivity contribution in [1.29, 1.82) is 0 Å². The molecule has 1 atom stereocenters. The molecule has 0 radical (unpaired) electrons. The van der Waals surface area contributed by atoms with E-state index in [1.165, 1.54) is 0 Å². The van der Waals surface area contributed by atoms with E-state index in [0.29, 0.717) is 43.6 Å². The Labute approximate surface area is 213 Å². The first kappa shape index (κ1) is 25.9. The standard InChI is InChI=1S/C29H36N2O5/c1-21(2)12-17-36-24-11-6-10-23(20-24)26-25(27(32)22-8-4-3-5-9-22)28(33)29(34)31(26)14-7-13-30-15-18-35-19-16-30/h3-6,8-11,20-21,26,32H,7,12-19H2,1-2H3. The maximum Gasteiger partial charge on any atom is 0.295 e. The molecule has 1 unspecified atom stereocenters. The Balaban J connectivity index is 1.63. The third-order valence-corrected chi connectivity index (χ3v) is 6.70. The normalized spacial score (nSPS) is 20.3. The number of carbonyl (C=O) groups is 2. The molecule has 0 spiro atoms. The van der Waals surface area contributed by atoms with E-state index < -0.39 is 17.7 Å². The molecule has 0 saturated carbocycles. The van der Waals surface area contributed by atoms with Crippen LogP contribution in [0.25, 0.3) is 5.76 Å². The number of hydrogen-bond donors (Lipinski definition) is 1. The van der Waals surface area contributed by atoms with Gasteiger partial charge in [-0.1, -0.05) is 56.3 Å². The molecule has 2 aromatic rings. The molecule has 7 heteroatoms. The van der Waals surface area contributed by atoms with Gasteiger partial charge in [-0.05, 0) is 36.5 Å². The van der Waals surface area contributed by atoms with Crippen LogP contribution in [0.5, 0.6) is 5.75 Å². The second-order valence-electron chi connectivity index (χ2n) is 9.77. The molecular formula is C29H36N2O5. The second-order valence-corrected chi connectivity index (χ2v) is 9.77. The van der Waals surface area contributed by atoms with Gasteiger partial charge in [0.2, 0.25) is 0 Å². The van der Waals surface area contributed by atoms with Crippen molar-refractivity contribution in [3.63, 3.8) is 0 Å². The van der Waals surface area contributed by atoms with Crippen LogP contribution in [0.4, 0.5) is 0 Å². The van der Waals surface area contributed by atoms with E-state index in [2.05, 4.69) is 18.7 Å². The number of nitrogens with zero attached hydrogens (tertiary/aromatic N) is 2. The quantitative estimate of drug-likeness (QED) is 0.303. The van der Waals surface area contributed by atoms with Crippen molar-refractivity contribution in [3.05, 3.63) is 71.3 Å². The van der Waals surface area contributed by atoms with E-state index in [1.54, 1.807) is 29.2 Å². The number of ether oxygens (including phenoxy) is 2. The van der Waals surface area contributed by atoms with Gasteiger partial charge in [0.15, 0.2) is 0 Å². The van der Waals surface area contributed by atoms with Gasteiger partial charge in [-0.2, -0.15) is 0 Å². The molecule has 2 saturated heterocycles. The first-order valence-electron chi connectivity index (χ1n) is 12.8. The van der Waals surface area contributed by atoms with Crippen LogP contribution >= 0.6 is 0 Å². The first-order valence-corrected chi connectivity index (χ1v) is 12.8. The van der Waals surface area contributed by atoms with E-state index >= 15 is 0 Å². The van der Waals surface area contributed by atoms with E-state index in [1.807, 2.05) is 30.3 Å². The molecule has 1 amide bonds. The van der Waals surface area contributed by atoms with Gasteiger partial charge in [0.25, 0.3) is 11.7 Å². The lowest BCUT2D eigenvalue weighted by Crippen LogP contribution is -2.38. The van der Waals surface area contributed by atoms with Crippen molar-refractivity contribution < 1.29 is 24.2 Å². The summed E-state index contributed by atoms with van der Waals surface area (Å²) in [5, 5.41) is 11.2. The van der Waals surface area contributed by atoms with E-state index in [0.717, 1.165) is 38.0 Å². The van der Waals surface area contributed by atoms with Crippen LogP contribution in [-0.2, 0) is 14.3 Å². The minimum absolute atomic E-state index is 0.122. The molecule has 2 fully saturated rings. The van der Waals surface area contributed by atoms with Crippen molar-refractivity contribution in [2.24, 2.45) is 5.92 Å². The number of benzene rings is 2. The smallest absolute Gasteiger partial charge is 0.295 e. The Bertz CT molecular complexity index is 1080. The Kier molecular flexibility index (Phi) is 8.78. The molecule has 4 rings (SSSR count). The number of Topliss-reactive ketones (excluding diaryl/α,β-unsaturated/α-hetero) is 1. The van der Waals surface area contributed by atoms with Gasteiger partial charge in [0.05, 0.1) is 31.4 Å². The highest BCUT2D eigenvalue weighted by molar-refractivity contribution is 6.46. The fraction of sp³-hybridized carbons (Fsp3) is 0.448. The van der Waals surface area contributed by atoms with Crippen LogP contribution in [0.3, 0.4) is 0 Å². The number of likely N-dealkylation sites (tertiary alicyclic amines) is 1. The number of amides is 1. The van der Waals surface area contributed by atoms with Crippen LogP contribution in [0.15, 0.2) is 60.2 Å². The number of rotatable bonds is 10. The van der Waals surface area contributed by atoms with Gasteiger partial charge < -0.3 is 19.5 Å². The molecular weight excluding hydrogens is 456 g/mol. The maximum atomic E-state index is 13.2. The summed E-state index contributed by atoms with van der Waals surface area (Å²) < 4.78 is 11.4. The highest BCUT2D eigenvalue weighted by Gasteiger charge is 2.45. The number of morpholine rings is 1. The van der Waals surface area contributed by atoms with Gasteiger partial charge in [0, 0.05) is 31.7 Å². The third-order valence-electron chi connectivity index (χ3n) is 6.70. The Hall–Kier alpha value is -3.16. The van der Waals surface area contributed by atoms with Crippen molar-refractivity contribution in [3.8, 4) is 5.75 Å². The summed E-state index contributed by atoms with van der Waals surface area (Å²) in [6.45, 7) is 9.27. The summed E-state index contributed by atoms with van der Waals surface area (Å²) in [6.07, 6.45) is 1.65. The predicted molar refractivity (Wildman–Crippen MR) is 139 cm³/mol. The number of hydrogen-bond acceptors (Lipinski definition) is 6. The van der Waals surface area contributed by atoms with Crippen molar-refractivity contribution in [2.45, 2.75) is 32.7 Å². The molecule has 2 aliphatic heterocycles. The summed E-state index contributed by atoms with van der Waals surface area (Å²) in [7, 11) is 0. The highest BCUT2D eigenvalue weighted by Crippen LogP contribution is 2.40. The molecule has 0 bridgehead atoms. The van der Waals surface area contributed by atoms with Crippen LogP contribution < -0.4 is 4.74 Å². The topological polar surface area (TPSA) is 79.3 Å². The fourth-order valence-electron chi connectivity index (χ4n) is 4.69. The summed E-state index contributed by atoms with van der Waals surface area (Å²) in [6, 6.07) is 15.8. The summed E-state index contributed by atoms with van der Waals surface area (Å²) in [5.41, 5.74) is 1.38. The number of aliphatic hydroxyl groups excluding tert-OH is 1. The first-order chi connectivity index (χ1) is 17.5. The van der Waals surface area contributed by atoms with Crippen LogP contribution in [0, 0.1) is 5.92 Å². The molecule has 7 nitrogen and oxygen atoms in total. The molecule has 192 valence electrons. The monoisotopic (exact) mass is 492 g/mol. The van der Waals surface area contributed by atoms with Crippen LogP contribution in [0.2, 0.25) is 0 Å². The van der Waals surface area contributed by atoms with E-state index in [4.69, 9.17) is 9.47 Å². The zero-order chi connectivity index (χ0) is 25.5. The summed E-state index contributed by atoms with van der Waals surface area (Å²) in [4.78, 5) is 30.4. The van der Waals surface area contributed by atoms with Gasteiger partial charge in [-0.25, -0.2) is 0 Å². The fourth-order valence-corrected chi connectivity index (χ4v) is 4.69. The van der Waals surface area contributed by atoms with Crippen LogP contribution in [0.1, 0.15) is 43.9 Å². The predicted octanol–water partition coefficient (Wildman–Crippen LogP) is 4.26. The zero-order valence-electron chi connectivity index (χ0n) is 21.2. The molecule has 0 aliphatic carbocycles. The molecule has 2 aliphatic rings. The lowest BCUT2D eigenvalue weighted by molar-refractivity contribution is -0.140. The van der Waals surface area contributed by atoms with Crippen molar-refractivity contribution >= 4 is 17.4 Å². The third kappa shape index (κ3) is 6.15. The number of aliphatic hydroxyl groups is 1. The van der Waals surface area contributed by atoms with E-state index in [9.17, 15) is 14.7 Å². The molecule has 36 heavy (non-hydrogen) atoms. The largest absolute Gasteiger partial charge is 0.507 e. The average Bonchev–Trinajstić information content (AvgIpc) is 3.14. The van der Waals surface area contributed by atoms with Gasteiger partial charge in [-0.15, -0.1) is 0 Å². The Morgan fingerprint density at radius 2 is 1.81 bits per heavy atom. The van der Waals surface area contributed by atoms with Crippen molar-refractivity contribution in [1.82, 2.24) is 9.80 Å². The Morgan fingerprint density at radius 1 is 1.06 bits per heavy atom. The lowest BCUT2D eigenvalue weighted by Gasteiger charge is -2.29. The average molecular weight is 493 g/mol. The molecule has 2 heterocycles. The van der Waals surface area contributed by atoms with Gasteiger partial charge in [0.1, 0.15) is 11.5 Å².